The summed E-state index contributed by atoms with van der Waals surface area (Å²) in [7, 11) is 0. The first kappa shape index (κ1) is 14.9. The number of morpholine rings is 1. The van der Waals surface area contributed by atoms with Crippen molar-refractivity contribution in [1.82, 2.24) is 20.0 Å². The van der Waals surface area contributed by atoms with Gasteiger partial charge in [-0.3, -0.25) is 0 Å². The lowest BCUT2D eigenvalue weighted by Crippen LogP contribution is -2.57. The number of nitrogens with zero attached hydrogens (tertiary/aromatic N) is 3. The number of piperazine rings is 1. The summed E-state index contributed by atoms with van der Waals surface area (Å²) in [6, 6.07) is 0.0484. The number of hydrogen-bond donors (Lipinski definition) is 1. The van der Waals surface area contributed by atoms with E-state index < -0.39 is 0 Å². The lowest BCUT2D eigenvalue weighted by atomic mass is 10.3. The molecule has 0 aromatic rings. The molecule has 0 bridgehead atoms. The van der Waals surface area contributed by atoms with Crippen LogP contribution in [-0.2, 0) is 4.74 Å². The Bertz CT molecular complexity index is 337. The van der Waals surface area contributed by atoms with Gasteiger partial charge in [0.1, 0.15) is 0 Å². The van der Waals surface area contributed by atoms with E-state index in [1.54, 1.807) is 4.90 Å². The van der Waals surface area contributed by atoms with Crippen molar-refractivity contribution < 1.29 is 14.3 Å². The van der Waals surface area contributed by atoms with E-state index in [1.165, 1.54) is 0 Å². The van der Waals surface area contributed by atoms with Crippen molar-refractivity contribution in [3.63, 3.8) is 0 Å². The number of ether oxygens (including phenoxy) is 1. The standard InChI is InChI=1S/C13H24N4O3/c1-2-3-14-12(18)15-4-6-16(7-5-15)13(19)17-8-10-20-11-9-17/h2-11H2,1H3,(H,14,18). The maximum absolute atomic E-state index is 12.3. The Morgan fingerprint density at radius 2 is 1.50 bits per heavy atom. The molecular weight excluding hydrogens is 260 g/mol. The van der Waals surface area contributed by atoms with Crippen molar-refractivity contribution in [3.05, 3.63) is 0 Å². The molecule has 0 radical (unpaired) electrons. The van der Waals surface area contributed by atoms with Crippen LogP contribution in [0, 0.1) is 0 Å². The van der Waals surface area contributed by atoms with Crippen molar-refractivity contribution in [2.24, 2.45) is 0 Å². The molecule has 4 amide bonds. The molecule has 2 rings (SSSR count). The largest absolute Gasteiger partial charge is 0.378 e. The van der Waals surface area contributed by atoms with Crippen molar-refractivity contribution in [2.75, 3.05) is 59.0 Å². The maximum atomic E-state index is 12.3. The molecule has 2 aliphatic rings. The van der Waals surface area contributed by atoms with Crippen LogP contribution in [0.15, 0.2) is 0 Å². The first-order valence-electron chi connectivity index (χ1n) is 7.36. The van der Waals surface area contributed by atoms with Crippen molar-refractivity contribution in [3.8, 4) is 0 Å². The third-order valence-electron chi connectivity index (χ3n) is 3.65. The van der Waals surface area contributed by atoms with Gasteiger partial charge in [-0.1, -0.05) is 6.92 Å². The zero-order chi connectivity index (χ0) is 14.4. The number of amides is 4. The lowest BCUT2D eigenvalue weighted by Gasteiger charge is -2.38. The Kier molecular flexibility index (Phi) is 5.46. The van der Waals surface area contributed by atoms with Gasteiger partial charge in [0.2, 0.25) is 0 Å². The van der Waals surface area contributed by atoms with Crippen LogP contribution in [0.3, 0.4) is 0 Å². The van der Waals surface area contributed by atoms with Crippen molar-refractivity contribution in [1.29, 1.82) is 0 Å². The van der Waals surface area contributed by atoms with E-state index in [4.69, 9.17) is 4.74 Å². The van der Waals surface area contributed by atoms with Crippen LogP contribution < -0.4 is 5.32 Å². The van der Waals surface area contributed by atoms with Crippen LogP contribution in [0.1, 0.15) is 13.3 Å². The summed E-state index contributed by atoms with van der Waals surface area (Å²) < 4.78 is 5.25. The van der Waals surface area contributed by atoms with Crippen LogP contribution >= 0.6 is 0 Å². The SMILES string of the molecule is CCCNC(=O)N1CCN(C(=O)N2CCOCC2)CC1. The molecule has 2 fully saturated rings. The van der Waals surface area contributed by atoms with E-state index in [0.29, 0.717) is 59.0 Å². The molecule has 0 saturated carbocycles. The second kappa shape index (κ2) is 7.33. The van der Waals surface area contributed by atoms with Crippen LogP contribution in [0.4, 0.5) is 9.59 Å². The summed E-state index contributed by atoms with van der Waals surface area (Å²) in [5, 5.41) is 2.87. The zero-order valence-corrected chi connectivity index (χ0v) is 12.1. The third kappa shape index (κ3) is 3.75. The molecule has 0 unspecified atom stereocenters. The summed E-state index contributed by atoms with van der Waals surface area (Å²) in [5.74, 6) is 0. The lowest BCUT2D eigenvalue weighted by molar-refractivity contribution is 0.0392. The molecule has 2 heterocycles. The van der Waals surface area contributed by atoms with E-state index in [2.05, 4.69) is 5.32 Å². The number of carbonyl (C=O) groups excluding carboxylic acids is 2. The van der Waals surface area contributed by atoms with Gasteiger partial charge >= 0.3 is 12.1 Å². The first-order valence-corrected chi connectivity index (χ1v) is 7.36. The van der Waals surface area contributed by atoms with Crippen LogP contribution in [0.25, 0.3) is 0 Å². The fourth-order valence-electron chi connectivity index (χ4n) is 2.40. The summed E-state index contributed by atoms with van der Waals surface area (Å²) in [6.45, 7) is 7.70. The van der Waals surface area contributed by atoms with E-state index in [1.807, 2.05) is 16.7 Å². The molecule has 0 aromatic carbocycles. The van der Waals surface area contributed by atoms with Gasteiger partial charge in [-0.15, -0.1) is 0 Å². The van der Waals surface area contributed by atoms with Gasteiger partial charge in [-0.25, -0.2) is 9.59 Å². The molecule has 2 aliphatic heterocycles. The molecule has 0 atom stereocenters. The second-order valence-corrected chi connectivity index (χ2v) is 5.09. The first-order chi connectivity index (χ1) is 9.72. The number of carbonyl (C=O) groups is 2. The minimum Gasteiger partial charge on any atom is -0.378 e. The van der Waals surface area contributed by atoms with E-state index in [9.17, 15) is 9.59 Å². The molecule has 0 spiro atoms. The highest BCUT2D eigenvalue weighted by Gasteiger charge is 2.27. The van der Waals surface area contributed by atoms with Gasteiger partial charge in [-0.2, -0.15) is 0 Å². The normalized spacial score (nSPS) is 19.9. The van der Waals surface area contributed by atoms with E-state index in [0.717, 1.165) is 6.42 Å². The second-order valence-electron chi connectivity index (χ2n) is 5.09. The maximum Gasteiger partial charge on any atom is 0.320 e. The molecule has 0 aliphatic carbocycles. The Morgan fingerprint density at radius 3 is 2.10 bits per heavy atom. The van der Waals surface area contributed by atoms with Gasteiger partial charge in [-0.05, 0) is 6.42 Å². The highest BCUT2D eigenvalue weighted by Crippen LogP contribution is 2.08. The summed E-state index contributed by atoms with van der Waals surface area (Å²) >= 11 is 0. The van der Waals surface area contributed by atoms with Crippen LogP contribution in [0.5, 0.6) is 0 Å². The number of hydrogen-bond acceptors (Lipinski definition) is 3. The van der Waals surface area contributed by atoms with E-state index in [-0.39, 0.29) is 12.1 Å². The topological polar surface area (TPSA) is 65.1 Å². The third-order valence-corrected chi connectivity index (χ3v) is 3.65. The average molecular weight is 284 g/mol. The average Bonchev–Trinajstić information content (AvgIpc) is 2.53. The van der Waals surface area contributed by atoms with Crippen molar-refractivity contribution in [2.45, 2.75) is 13.3 Å². The fourth-order valence-corrected chi connectivity index (χ4v) is 2.40. The zero-order valence-electron chi connectivity index (χ0n) is 12.1. The molecule has 1 N–H and O–H groups in total. The highest BCUT2D eigenvalue weighted by atomic mass is 16.5. The number of nitrogens with one attached hydrogen (secondary N) is 1. The van der Waals surface area contributed by atoms with Gasteiger partial charge < -0.3 is 24.8 Å². The van der Waals surface area contributed by atoms with E-state index >= 15 is 0 Å². The predicted molar refractivity (Wildman–Crippen MR) is 74.6 cm³/mol. The molecule has 7 nitrogen and oxygen atoms in total. The Morgan fingerprint density at radius 1 is 0.950 bits per heavy atom. The molecule has 7 heteroatoms. The highest BCUT2D eigenvalue weighted by molar-refractivity contribution is 5.76. The number of urea groups is 2. The predicted octanol–water partition coefficient (Wildman–Crippen LogP) is 0.176. The van der Waals surface area contributed by atoms with Crippen molar-refractivity contribution >= 4 is 12.1 Å². The van der Waals surface area contributed by atoms with Crippen LogP contribution in [-0.4, -0.2) is 85.8 Å². The summed E-state index contributed by atoms with van der Waals surface area (Å²) in [5.41, 5.74) is 0. The van der Waals surface area contributed by atoms with Gasteiger partial charge in [0, 0.05) is 45.8 Å². The molecular formula is C13H24N4O3. The minimum atomic E-state index is -0.0229. The molecule has 2 saturated heterocycles. The number of rotatable bonds is 2. The fraction of sp³-hybridized carbons (Fsp3) is 0.846. The van der Waals surface area contributed by atoms with Gasteiger partial charge in [0.15, 0.2) is 0 Å². The molecule has 20 heavy (non-hydrogen) atoms. The van der Waals surface area contributed by atoms with Gasteiger partial charge in [0.25, 0.3) is 0 Å². The Balaban J connectivity index is 1.75. The minimum absolute atomic E-state index is 0.0229. The summed E-state index contributed by atoms with van der Waals surface area (Å²) in [6.07, 6.45) is 0.932. The Hall–Kier alpha value is -1.50. The molecule has 0 aromatic heterocycles. The smallest absolute Gasteiger partial charge is 0.320 e. The Labute approximate surface area is 119 Å². The van der Waals surface area contributed by atoms with Crippen LogP contribution in [0.2, 0.25) is 0 Å². The summed E-state index contributed by atoms with van der Waals surface area (Å²) in [4.78, 5) is 29.5. The molecule has 114 valence electrons. The monoisotopic (exact) mass is 284 g/mol. The van der Waals surface area contributed by atoms with Gasteiger partial charge in [0.05, 0.1) is 13.2 Å². The quantitative estimate of drug-likeness (QED) is 0.786.